The molecule has 5 nitrogen and oxygen atoms in total. The number of hydrogen-bond donors (Lipinski definition) is 3. The van der Waals surface area contributed by atoms with E-state index in [1.165, 1.54) is 6.07 Å². The maximum absolute atomic E-state index is 12.6. The van der Waals surface area contributed by atoms with E-state index in [1.807, 2.05) is 0 Å². The molecule has 8 heteroatoms. The predicted molar refractivity (Wildman–Crippen MR) is 76.4 cm³/mol. The van der Waals surface area contributed by atoms with Crippen molar-refractivity contribution < 1.29 is 27.9 Å². The molecule has 0 aromatic heterocycles. The van der Waals surface area contributed by atoms with Crippen molar-refractivity contribution in [3.8, 4) is 0 Å². The summed E-state index contributed by atoms with van der Waals surface area (Å²) in [6.45, 7) is 0.163. The van der Waals surface area contributed by atoms with E-state index in [1.54, 1.807) is 0 Å². The van der Waals surface area contributed by atoms with Crippen LogP contribution in [0.1, 0.15) is 24.8 Å². The van der Waals surface area contributed by atoms with Gasteiger partial charge in [0.25, 0.3) is 0 Å². The van der Waals surface area contributed by atoms with Gasteiger partial charge in [-0.05, 0) is 31.0 Å². The first-order valence-electron chi connectivity index (χ1n) is 7.22. The fourth-order valence-electron chi connectivity index (χ4n) is 2.52. The minimum Gasteiger partial charge on any atom is -0.393 e. The van der Waals surface area contributed by atoms with Crippen LogP contribution in [0.15, 0.2) is 24.3 Å². The normalized spacial score (nSPS) is 21.0. The molecule has 0 saturated heterocycles. The molecular weight excluding hydrogens is 313 g/mol. The second kappa shape index (κ2) is 6.99. The van der Waals surface area contributed by atoms with Crippen molar-refractivity contribution in [2.75, 3.05) is 11.9 Å². The maximum Gasteiger partial charge on any atom is 0.416 e. The van der Waals surface area contributed by atoms with Gasteiger partial charge in [-0.15, -0.1) is 0 Å². The summed E-state index contributed by atoms with van der Waals surface area (Å²) in [7, 11) is 0. The van der Waals surface area contributed by atoms with Gasteiger partial charge in [0.1, 0.15) is 0 Å². The highest BCUT2D eigenvalue weighted by atomic mass is 19.4. The Bertz CT molecular complexity index is 590. The Morgan fingerprint density at radius 2 is 1.96 bits per heavy atom. The summed E-state index contributed by atoms with van der Waals surface area (Å²) >= 11 is 0. The number of nitrogens with one attached hydrogen (secondary N) is 2. The summed E-state index contributed by atoms with van der Waals surface area (Å²) in [6, 6.07) is 4.04. The lowest BCUT2D eigenvalue weighted by molar-refractivity contribution is -0.137. The van der Waals surface area contributed by atoms with Crippen LogP contribution in [-0.4, -0.2) is 29.6 Å². The Morgan fingerprint density at radius 1 is 1.22 bits per heavy atom. The molecule has 23 heavy (non-hydrogen) atoms. The van der Waals surface area contributed by atoms with Crippen molar-refractivity contribution >= 4 is 17.5 Å². The first kappa shape index (κ1) is 17.3. The maximum atomic E-state index is 12.6. The molecule has 0 spiro atoms. The van der Waals surface area contributed by atoms with Crippen LogP contribution in [0, 0.1) is 5.92 Å². The molecular formula is C15H17F3N2O3. The van der Waals surface area contributed by atoms with Gasteiger partial charge >= 0.3 is 18.0 Å². The third kappa shape index (κ3) is 4.69. The molecule has 0 bridgehead atoms. The molecule has 1 saturated carbocycles. The molecule has 2 amide bonds. The van der Waals surface area contributed by atoms with Crippen LogP contribution < -0.4 is 10.6 Å². The molecule has 1 aliphatic rings. The van der Waals surface area contributed by atoms with Crippen molar-refractivity contribution in [3.63, 3.8) is 0 Å². The quantitative estimate of drug-likeness (QED) is 0.741. The molecule has 0 aliphatic heterocycles. The number of aliphatic hydroxyl groups is 1. The third-order valence-electron chi connectivity index (χ3n) is 3.80. The van der Waals surface area contributed by atoms with Gasteiger partial charge in [-0.2, -0.15) is 13.2 Å². The van der Waals surface area contributed by atoms with Crippen molar-refractivity contribution in [2.24, 2.45) is 5.92 Å². The van der Waals surface area contributed by atoms with Crippen molar-refractivity contribution in [2.45, 2.75) is 31.5 Å². The summed E-state index contributed by atoms with van der Waals surface area (Å²) in [5, 5.41) is 14.1. The molecule has 2 unspecified atom stereocenters. The molecule has 2 rings (SSSR count). The predicted octanol–water partition coefficient (Wildman–Crippen LogP) is 1.92. The third-order valence-corrected chi connectivity index (χ3v) is 3.80. The lowest BCUT2D eigenvalue weighted by Crippen LogP contribution is -2.39. The van der Waals surface area contributed by atoms with Crippen LogP contribution in [0.5, 0.6) is 0 Å². The fraction of sp³-hybridized carbons (Fsp3) is 0.467. The number of anilines is 1. The summed E-state index contributed by atoms with van der Waals surface area (Å²) in [4.78, 5) is 23.4. The van der Waals surface area contributed by atoms with Crippen LogP contribution in [-0.2, 0) is 15.8 Å². The highest BCUT2D eigenvalue weighted by Crippen LogP contribution is 2.30. The van der Waals surface area contributed by atoms with Gasteiger partial charge in [-0.1, -0.05) is 12.5 Å². The summed E-state index contributed by atoms with van der Waals surface area (Å²) < 4.78 is 37.7. The first-order chi connectivity index (χ1) is 10.8. The molecule has 1 aliphatic carbocycles. The second-order valence-corrected chi connectivity index (χ2v) is 5.50. The Balaban J connectivity index is 1.89. The van der Waals surface area contributed by atoms with E-state index in [0.717, 1.165) is 31.0 Å². The Morgan fingerprint density at radius 3 is 2.57 bits per heavy atom. The number of carbonyl (C=O) groups is 2. The van der Waals surface area contributed by atoms with E-state index >= 15 is 0 Å². The number of rotatable bonds is 3. The largest absolute Gasteiger partial charge is 0.416 e. The summed E-state index contributed by atoms with van der Waals surface area (Å²) in [6.07, 6.45) is -2.74. The lowest BCUT2D eigenvalue weighted by atomic mass is 10.1. The topological polar surface area (TPSA) is 78.4 Å². The molecule has 126 valence electrons. The zero-order chi connectivity index (χ0) is 17.0. The van der Waals surface area contributed by atoms with Crippen LogP contribution in [0.3, 0.4) is 0 Å². The lowest BCUT2D eigenvalue weighted by Gasteiger charge is -2.15. The van der Waals surface area contributed by atoms with E-state index in [0.29, 0.717) is 6.42 Å². The summed E-state index contributed by atoms with van der Waals surface area (Å²) in [5.41, 5.74) is -1.02. The number of carbonyl (C=O) groups excluding carboxylic acids is 2. The number of benzene rings is 1. The number of hydrogen-bond acceptors (Lipinski definition) is 3. The second-order valence-electron chi connectivity index (χ2n) is 5.50. The van der Waals surface area contributed by atoms with Gasteiger partial charge in [0.2, 0.25) is 0 Å². The molecule has 3 N–H and O–H groups in total. The summed E-state index contributed by atoms with van der Waals surface area (Å²) in [5.74, 6) is -2.08. The molecule has 0 radical (unpaired) electrons. The zero-order valence-corrected chi connectivity index (χ0v) is 12.2. The highest BCUT2D eigenvalue weighted by Gasteiger charge is 2.31. The van der Waals surface area contributed by atoms with Gasteiger partial charge in [0.15, 0.2) is 0 Å². The average Bonchev–Trinajstić information content (AvgIpc) is 2.89. The standard InChI is InChI=1S/C15H17F3N2O3/c16-15(17,18)10-4-2-5-11(7-10)20-14(23)13(22)19-8-9-3-1-6-12(9)21/h2,4-5,7,9,12,21H,1,3,6,8H2,(H,19,22)(H,20,23). The SMILES string of the molecule is O=C(NCC1CCCC1O)C(=O)Nc1cccc(C(F)(F)F)c1. The Labute approximate surface area is 130 Å². The Kier molecular flexibility index (Phi) is 5.25. The van der Waals surface area contributed by atoms with Gasteiger partial charge in [0, 0.05) is 18.2 Å². The van der Waals surface area contributed by atoms with E-state index in [4.69, 9.17) is 0 Å². The van der Waals surface area contributed by atoms with Crippen LogP contribution in [0.4, 0.5) is 18.9 Å². The highest BCUT2D eigenvalue weighted by molar-refractivity contribution is 6.39. The van der Waals surface area contributed by atoms with Crippen molar-refractivity contribution in [1.82, 2.24) is 5.32 Å². The van der Waals surface area contributed by atoms with E-state index < -0.39 is 29.7 Å². The first-order valence-corrected chi connectivity index (χ1v) is 7.22. The van der Waals surface area contributed by atoms with Gasteiger partial charge in [-0.3, -0.25) is 9.59 Å². The number of halogens is 3. The fourth-order valence-corrected chi connectivity index (χ4v) is 2.52. The van der Waals surface area contributed by atoms with E-state index in [-0.39, 0.29) is 18.2 Å². The molecule has 2 atom stereocenters. The monoisotopic (exact) mass is 330 g/mol. The van der Waals surface area contributed by atoms with Crippen molar-refractivity contribution in [3.05, 3.63) is 29.8 Å². The molecule has 1 aromatic carbocycles. The van der Waals surface area contributed by atoms with Crippen LogP contribution in [0.2, 0.25) is 0 Å². The number of aliphatic hydroxyl groups excluding tert-OH is 1. The molecule has 0 heterocycles. The molecule has 1 fully saturated rings. The van der Waals surface area contributed by atoms with Crippen molar-refractivity contribution in [1.29, 1.82) is 0 Å². The number of amides is 2. The van der Waals surface area contributed by atoms with E-state index in [2.05, 4.69) is 10.6 Å². The molecule has 1 aromatic rings. The smallest absolute Gasteiger partial charge is 0.393 e. The van der Waals surface area contributed by atoms with Crippen LogP contribution >= 0.6 is 0 Å². The minimum atomic E-state index is -4.53. The van der Waals surface area contributed by atoms with Gasteiger partial charge in [0.05, 0.1) is 11.7 Å². The van der Waals surface area contributed by atoms with Gasteiger partial charge in [-0.25, -0.2) is 0 Å². The van der Waals surface area contributed by atoms with E-state index in [9.17, 15) is 27.9 Å². The Hall–Kier alpha value is -2.09. The average molecular weight is 330 g/mol. The minimum absolute atomic E-state index is 0.0969. The zero-order valence-electron chi connectivity index (χ0n) is 12.2. The van der Waals surface area contributed by atoms with Gasteiger partial charge < -0.3 is 15.7 Å². The number of alkyl halides is 3. The van der Waals surface area contributed by atoms with Crippen LogP contribution in [0.25, 0.3) is 0 Å².